The van der Waals surface area contributed by atoms with Crippen molar-refractivity contribution in [1.29, 1.82) is 0 Å². The molecule has 0 aliphatic carbocycles. The smallest absolute Gasteiger partial charge is 0.265 e. The number of aryl methyl sites for hydroxylation is 1. The van der Waals surface area contributed by atoms with Gasteiger partial charge in [0.1, 0.15) is 16.4 Å². The van der Waals surface area contributed by atoms with E-state index in [1.54, 1.807) is 35.1 Å². The quantitative estimate of drug-likeness (QED) is 0.590. The minimum Gasteiger partial charge on any atom is -0.496 e. The standard InChI is InChI=1S/C22H20ClFN2O3S/c1-13-3-4-14(11-17(13)29-2)21(27)25-7-9-26(10-8-25)22(28)20-19(23)16-6-5-15(24)12-18(16)30-20/h3-6,11-12H,7-10H2,1-2H3. The van der Waals surface area contributed by atoms with Gasteiger partial charge >= 0.3 is 0 Å². The van der Waals surface area contributed by atoms with Crippen molar-refractivity contribution in [2.75, 3.05) is 33.3 Å². The maximum Gasteiger partial charge on any atom is 0.265 e. The summed E-state index contributed by atoms with van der Waals surface area (Å²) in [7, 11) is 1.58. The van der Waals surface area contributed by atoms with Crippen molar-refractivity contribution >= 4 is 44.8 Å². The van der Waals surface area contributed by atoms with Crippen molar-refractivity contribution in [3.05, 3.63) is 63.2 Å². The van der Waals surface area contributed by atoms with Crippen LogP contribution in [0, 0.1) is 12.7 Å². The van der Waals surface area contributed by atoms with Crippen LogP contribution in [0.3, 0.4) is 0 Å². The Labute approximate surface area is 182 Å². The van der Waals surface area contributed by atoms with Crippen LogP contribution in [-0.4, -0.2) is 54.9 Å². The summed E-state index contributed by atoms with van der Waals surface area (Å²) in [5.74, 6) is 0.0336. The minimum atomic E-state index is -0.362. The van der Waals surface area contributed by atoms with Gasteiger partial charge in [0.05, 0.1) is 12.1 Å². The van der Waals surface area contributed by atoms with Gasteiger partial charge in [0.15, 0.2) is 0 Å². The Hall–Kier alpha value is -2.64. The molecule has 5 nitrogen and oxygen atoms in total. The third kappa shape index (κ3) is 3.75. The van der Waals surface area contributed by atoms with Crippen molar-refractivity contribution in [3.63, 3.8) is 0 Å². The molecule has 8 heteroatoms. The van der Waals surface area contributed by atoms with E-state index in [0.29, 0.717) is 57.5 Å². The summed E-state index contributed by atoms with van der Waals surface area (Å²) >= 11 is 7.58. The summed E-state index contributed by atoms with van der Waals surface area (Å²) in [4.78, 5) is 29.6. The van der Waals surface area contributed by atoms with E-state index in [1.807, 2.05) is 13.0 Å². The van der Waals surface area contributed by atoms with E-state index in [4.69, 9.17) is 16.3 Å². The maximum absolute atomic E-state index is 13.5. The summed E-state index contributed by atoms with van der Waals surface area (Å²) in [5, 5.41) is 1.03. The molecular weight excluding hydrogens is 427 g/mol. The molecule has 0 saturated carbocycles. The molecule has 30 heavy (non-hydrogen) atoms. The first kappa shape index (κ1) is 20.6. The lowest BCUT2D eigenvalue weighted by atomic mass is 10.1. The number of carbonyl (C=O) groups is 2. The van der Waals surface area contributed by atoms with Gasteiger partial charge in [-0.15, -0.1) is 11.3 Å². The molecule has 2 amide bonds. The summed E-state index contributed by atoms with van der Waals surface area (Å²) in [6, 6.07) is 9.69. The second-order valence-electron chi connectivity index (χ2n) is 7.15. The largest absolute Gasteiger partial charge is 0.496 e. The van der Waals surface area contributed by atoms with Gasteiger partial charge in [0.2, 0.25) is 0 Å². The van der Waals surface area contributed by atoms with Crippen LogP contribution >= 0.6 is 22.9 Å². The Morgan fingerprint density at radius 2 is 1.70 bits per heavy atom. The molecule has 3 aromatic rings. The molecule has 0 atom stereocenters. The fourth-order valence-corrected chi connectivity index (χ4v) is 5.07. The molecular formula is C22H20ClFN2O3S. The number of fused-ring (bicyclic) bond motifs is 1. The van der Waals surface area contributed by atoms with Gasteiger partial charge in [0, 0.05) is 41.8 Å². The van der Waals surface area contributed by atoms with E-state index >= 15 is 0 Å². The highest BCUT2D eigenvalue weighted by molar-refractivity contribution is 7.21. The lowest BCUT2D eigenvalue weighted by molar-refractivity contribution is 0.0538. The van der Waals surface area contributed by atoms with Crippen LogP contribution < -0.4 is 4.74 Å². The lowest BCUT2D eigenvalue weighted by Crippen LogP contribution is -2.50. The molecule has 0 N–H and O–H groups in total. The maximum atomic E-state index is 13.5. The summed E-state index contributed by atoms with van der Waals surface area (Å²) in [6.45, 7) is 3.60. The molecule has 1 aliphatic rings. The molecule has 1 aliphatic heterocycles. The van der Waals surface area contributed by atoms with Gasteiger partial charge in [0.25, 0.3) is 11.8 Å². The topological polar surface area (TPSA) is 49.9 Å². The highest BCUT2D eigenvalue weighted by Crippen LogP contribution is 2.36. The normalized spacial score (nSPS) is 14.3. The highest BCUT2D eigenvalue weighted by Gasteiger charge is 2.28. The number of methoxy groups -OCH3 is 1. The molecule has 0 spiro atoms. The predicted octanol–water partition coefficient (Wildman–Crippen LogP) is 4.61. The molecule has 156 valence electrons. The van der Waals surface area contributed by atoms with E-state index in [0.717, 1.165) is 5.56 Å². The molecule has 0 radical (unpaired) electrons. The molecule has 1 aromatic heterocycles. The number of piperazine rings is 1. The number of hydrogen-bond donors (Lipinski definition) is 0. The van der Waals surface area contributed by atoms with Crippen molar-refractivity contribution < 1.29 is 18.7 Å². The number of carbonyl (C=O) groups excluding carboxylic acids is 2. The number of ether oxygens (including phenoxy) is 1. The van der Waals surface area contributed by atoms with Crippen LogP contribution in [-0.2, 0) is 0 Å². The van der Waals surface area contributed by atoms with Crippen molar-refractivity contribution in [2.24, 2.45) is 0 Å². The zero-order valence-corrected chi connectivity index (χ0v) is 18.1. The van der Waals surface area contributed by atoms with Crippen LogP contribution in [0.15, 0.2) is 36.4 Å². The van der Waals surface area contributed by atoms with E-state index in [9.17, 15) is 14.0 Å². The average Bonchev–Trinajstić information content (AvgIpc) is 3.08. The van der Waals surface area contributed by atoms with Crippen LogP contribution in [0.4, 0.5) is 4.39 Å². The Morgan fingerprint density at radius 3 is 2.37 bits per heavy atom. The molecule has 2 heterocycles. The summed E-state index contributed by atoms with van der Waals surface area (Å²) < 4.78 is 19.4. The number of nitrogens with zero attached hydrogens (tertiary/aromatic N) is 2. The van der Waals surface area contributed by atoms with E-state index in [-0.39, 0.29) is 17.6 Å². The Kier molecular flexibility index (Phi) is 5.66. The van der Waals surface area contributed by atoms with Gasteiger partial charge in [-0.3, -0.25) is 9.59 Å². The monoisotopic (exact) mass is 446 g/mol. The SMILES string of the molecule is COc1cc(C(=O)N2CCN(C(=O)c3sc4cc(F)ccc4c3Cl)CC2)ccc1C. The zero-order valence-electron chi connectivity index (χ0n) is 16.6. The van der Waals surface area contributed by atoms with Crippen LogP contribution in [0.2, 0.25) is 5.02 Å². The van der Waals surface area contributed by atoms with Crippen LogP contribution in [0.1, 0.15) is 25.6 Å². The fourth-order valence-electron chi connectivity index (χ4n) is 3.57. The first-order chi connectivity index (χ1) is 14.4. The number of thiophene rings is 1. The molecule has 1 fully saturated rings. The summed E-state index contributed by atoms with van der Waals surface area (Å²) in [5.41, 5.74) is 1.52. The summed E-state index contributed by atoms with van der Waals surface area (Å²) in [6.07, 6.45) is 0. The van der Waals surface area contributed by atoms with Crippen molar-refractivity contribution in [3.8, 4) is 5.75 Å². The number of amides is 2. The first-order valence-electron chi connectivity index (χ1n) is 9.50. The number of halogens is 2. The van der Waals surface area contributed by atoms with Crippen LogP contribution in [0.25, 0.3) is 10.1 Å². The Morgan fingerprint density at radius 1 is 1.03 bits per heavy atom. The number of rotatable bonds is 3. The van der Waals surface area contributed by atoms with Gasteiger partial charge in [-0.05, 0) is 42.8 Å². The zero-order chi connectivity index (χ0) is 21.4. The van der Waals surface area contributed by atoms with E-state index < -0.39 is 0 Å². The van der Waals surface area contributed by atoms with Crippen LogP contribution in [0.5, 0.6) is 5.75 Å². The third-order valence-electron chi connectivity index (χ3n) is 5.29. The fraction of sp³-hybridized carbons (Fsp3) is 0.273. The Bertz CT molecular complexity index is 1140. The van der Waals surface area contributed by atoms with Crippen molar-refractivity contribution in [1.82, 2.24) is 9.80 Å². The highest BCUT2D eigenvalue weighted by atomic mass is 35.5. The lowest BCUT2D eigenvalue weighted by Gasteiger charge is -2.34. The second kappa shape index (κ2) is 8.24. The Balaban J connectivity index is 1.46. The average molecular weight is 447 g/mol. The van der Waals surface area contributed by atoms with Gasteiger partial charge < -0.3 is 14.5 Å². The minimum absolute atomic E-state index is 0.0873. The van der Waals surface area contributed by atoms with Crippen molar-refractivity contribution in [2.45, 2.75) is 6.92 Å². The molecule has 4 rings (SSSR count). The second-order valence-corrected chi connectivity index (χ2v) is 8.58. The van der Waals surface area contributed by atoms with Gasteiger partial charge in [-0.25, -0.2) is 4.39 Å². The van der Waals surface area contributed by atoms with Gasteiger partial charge in [-0.1, -0.05) is 17.7 Å². The first-order valence-corrected chi connectivity index (χ1v) is 10.7. The van der Waals surface area contributed by atoms with Gasteiger partial charge in [-0.2, -0.15) is 0 Å². The van der Waals surface area contributed by atoms with E-state index in [2.05, 4.69) is 0 Å². The third-order valence-corrected chi connectivity index (χ3v) is 6.94. The van der Waals surface area contributed by atoms with E-state index in [1.165, 1.54) is 23.5 Å². The molecule has 1 saturated heterocycles. The molecule has 0 unspecified atom stereocenters. The number of hydrogen-bond acceptors (Lipinski definition) is 4. The molecule has 2 aromatic carbocycles. The molecule has 0 bridgehead atoms. The number of benzene rings is 2. The predicted molar refractivity (Wildman–Crippen MR) is 116 cm³/mol.